The molecule has 13 heavy (non-hydrogen) atoms. The van der Waals surface area contributed by atoms with Crippen molar-refractivity contribution < 1.29 is 4.79 Å². The van der Waals surface area contributed by atoms with Crippen molar-refractivity contribution in [3.8, 4) is 0 Å². The summed E-state index contributed by atoms with van der Waals surface area (Å²) in [4.78, 5) is 11.0. The van der Waals surface area contributed by atoms with E-state index in [4.69, 9.17) is 0 Å². The third-order valence-corrected chi connectivity index (χ3v) is 1.63. The number of nitrogens with one attached hydrogen (secondary N) is 1. The van der Waals surface area contributed by atoms with Gasteiger partial charge in [0, 0.05) is 6.54 Å². The molecule has 68 valence electrons. The Morgan fingerprint density at radius 2 is 2.08 bits per heavy atom. The van der Waals surface area contributed by atoms with Crippen molar-refractivity contribution in [1.82, 2.24) is 5.32 Å². The van der Waals surface area contributed by atoms with E-state index in [1.54, 1.807) is 6.08 Å². The first-order valence-electron chi connectivity index (χ1n) is 4.27. The van der Waals surface area contributed by atoms with E-state index < -0.39 is 0 Å². The number of benzene rings is 1. The molecular weight excluding hydrogens is 162 g/mol. The molecule has 0 saturated heterocycles. The van der Waals surface area contributed by atoms with E-state index in [1.165, 1.54) is 6.08 Å². The van der Waals surface area contributed by atoms with Crippen LogP contribution in [0.4, 0.5) is 0 Å². The first kappa shape index (κ1) is 9.52. The summed E-state index contributed by atoms with van der Waals surface area (Å²) in [5, 5.41) is 2.77. The third-order valence-electron chi connectivity index (χ3n) is 1.63. The van der Waals surface area contributed by atoms with Gasteiger partial charge in [-0.3, -0.25) is 4.79 Å². The monoisotopic (exact) mass is 175 g/mol. The molecule has 0 spiro atoms. The van der Waals surface area contributed by atoms with Crippen molar-refractivity contribution in [3.63, 3.8) is 0 Å². The number of hydrogen-bond donors (Lipinski definition) is 1. The summed E-state index contributed by atoms with van der Waals surface area (Å²) >= 11 is 0. The Hall–Kier alpha value is -1.57. The molecule has 0 bridgehead atoms. The Morgan fingerprint density at radius 1 is 1.38 bits per heavy atom. The van der Waals surface area contributed by atoms with Gasteiger partial charge in [0.05, 0.1) is 0 Å². The van der Waals surface area contributed by atoms with Crippen LogP contribution in [0.3, 0.4) is 0 Å². The van der Waals surface area contributed by atoms with Gasteiger partial charge in [0.2, 0.25) is 5.91 Å². The topological polar surface area (TPSA) is 29.1 Å². The lowest BCUT2D eigenvalue weighted by Crippen LogP contribution is -2.19. The van der Waals surface area contributed by atoms with Crippen molar-refractivity contribution in [2.24, 2.45) is 0 Å². The van der Waals surface area contributed by atoms with Crippen molar-refractivity contribution in [2.75, 3.05) is 0 Å². The van der Waals surface area contributed by atoms with Crippen molar-refractivity contribution in [1.29, 1.82) is 0 Å². The fourth-order valence-electron chi connectivity index (χ4n) is 0.995. The molecule has 1 aromatic rings. The maximum Gasteiger partial charge on any atom is 0.243 e. The Balaban J connectivity index is 2.40. The van der Waals surface area contributed by atoms with Crippen molar-refractivity contribution in [3.05, 3.63) is 48.0 Å². The normalized spacial score (nSPS) is 10.2. The van der Waals surface area contributed by atoms with Crippen molar-refractivity contribution in [2.45, 2.75) is 13.5 Å². The zero-order valence-electron chi connectivity index (χ0n) is 7.66. The van der Waals surface area contributed by atoms with E-state index in [-0.39, 0.29) is 5.91 Å². The molecule has 1 amide bonds. The molecule has 0 heterocycles. The van der Waals surface area contributed by atoms with Gasteiger partial charge in [0.1, 0.15) is 0 Å². The molecule has 0 aliphatic heterocycles. The molecule has 1 aromatic carbocycles. The number of allylic oxidation sites excluding steroid dienone is 1. The third kappa shape index (κ3) is 3.56. The van der Waals surface area contributed by atoms with Gasteiger partial charge >= 0.3 is 0 Å². The van der Waals surface area contributed by atoms with Crippen LogP contribution in [0.5, 0.6) is 0 Å². The molecule has 2 nitrogen and oxygen atoms in total. The number of carbonyl (C=O) groups is 1. The molecule has 0 atom stereocenters. The average molecular weight is 175 g/mol. The van der Waals surface area contributed by atoms with Gasteiger partial charge in [-0.1, -0.05) is 36.4 Å². The molecular formula is C11H13NO. The summed E-state index contributed by atoms with van der Waals surface area (Å²) in [5.41, 5.74) is 1.11. The number of amides is 1. The highest BCUT2D eigenvalue weighted by atomic mass is 16.1. The largest absolute Gasteiger partial charge is 0.348 e. The predicted molar refractivity (Wildman–Crippen MR) is 53.1 cm³/mol. The maximum atomic E-state index is 11.0. The first-order chi connectivity index (χ1) is 6.33. The molecule has 0 radical (unpaired) electrons. The molecule has 1 rings (SSSR count). The molecule has 0 saturated carbocycles. The highest BCUT2D eigenvalue weighted by molar-refractivity contribution is 5.87. The Morgan fingerprint density at radius 3 is 2.69 bits per heavy atom. The van der Waals surface area contributed by atoms with Crippen LogP contribution in [0.2, 0.25) is 0 Å². The fraction of sp³-hybridized carbons (Fsp3) is 0.182. The average Bonchev–Trinajstić information content (AvgIpc) is 2.17. The minimum Gasteiger partial charge on any atom is -0.348 e. The van der Waals surface area contributed by atoms with Gasteiger partial charge in [-0.05, 0) is 18.6 Å². The molecule has 1 N–H and O–H groups in total. The Kier molecular flexibility index (Phi) is 3.76. The summed E-state index contributed by atoms with van der Waals surface area (Å²) < 4.78 is 0. The minimum atomic E-state index is -0.0497. The summed E-state index contributed by atoms with van der Waals surface area (Å²) in [5.74, 6) is -0.0497. The van der Waals surface area contributed by atoms with Gasteiger partial charge in [0.25, 0.3) is 0 Å². The standard InChI is InChI=1S/C11H13NO/c1-2-6-11(13)12-9-10-7-4-3-5-8-10/h2-8H,9H2,1H3,(H,12,13)/b6-2+. The van der Waals surface area contributed by atoms with Crippen LogP contribution in [-0.4, -0.2) is 5.91 Å². The van der Waals surface area contributed by atoms with E-state index in [1.807, 2.05) is 37.3 Å². The maximum absolute atomic E-state index is 11.0. The highest BCUT2D eigenvalue weighted by Crippen LogP contribution is 1.96. The van der Waals surface area contributed by atoms with Gasteiger partial charge in [-0.25, -0.2) is 0 Å². The summed E-state index contributed by atoms with van der Waals surface area (Å²) in [6, 6.07) is 9.83. The fourth-order valence-corrected chi connectivity index (χ4v) is 0.995. The van der Waals surface area contributed by atoms with E-state index in [0.717, 1.165) is 5.56 Å². The molecule has 0 aliphatic carbocycles. The van der Waals surface area contributed by atoms with Gasteiger partial charge in [-0.2, -0.15) is 0 Å². The molecule has 0 fully saturated rings. The summed E-state index contributed by atoms with van der Waals surface area (Å²) in [7, 11) is 0. The Bertz CT molecular complexity index is 290. The summed E-state index contributed by atoms with van der Waals surface area (Å²) in [6.45, 7) is 2.41. The SMILES string of the molecule is C/C=C/C(=O)NCc1ccccc1. The second-order valence-corrected chi connectivity index (χ2v) is 2.70. The second-order valence-electron chi connectivity index (χ2n) is 2.70. The van der Waals surface area contributed by atoms with Crippen LogP contribution in [-0.2, 0) is 11.3 Å². The van der Waals surface area contributed by atoms with Gasteiger partial charge in [0.15, 0.2) is 0 Å². The van der Waals surface area contributed by atoms with Crippen LogP contribution in [0.1, 0.15) is 12.5 Å². The Labute approximate surface area is 78.3 Å². The minimum absolute atomic E-state index is 0.0497. The molecule has 0 unspecified atom stereocenters. The van der Waals surface area contributed by atoms with E-state index in [0.29, 0.717) is 6.54 Å². The molecule has 2 heteroatoms. The van der Waals surface area contributed by atoms with Gasteiger partial charge in [-0.15, -0.1) is 0 Å². The van der Waals surface area contributed by atoms with Crippen LogP contribution in [0, 0.1) is 0 Å². The van der Waals surface area contributed by atoms with Crippen molar-refractivity contribution >= 4 is 5.91 Å². The predicted octanol–water partition coefficient (Wildman–Crippen LogP) is 1.88. The lowest BCUT2D eigenvalue weighted by atomic mass is 10.2. The lowest BCUT2D eigenvalue weighted by molar-refractivity contribution is -0.116. The van der Waals surface area contributed by atoms with Crippen LogP contribution in [0.15, 0.2) is 42.5 Å². The van der Waals surface area contributed by atoms with E-state index in [9.17, 15) is 4.79 Å². The van der Waals surface area contributed by atoms with E-state index >= 15 is 0 Å². The van der Waals surface area contributed by atoms with Crippen LogP contribution >= 0.6 is 0 Å². The van der Waals surface area contributed by atoms with Crippen LogP contribution in [0.25, 0.3) is 0 Å². The number of carbonyl (C=O) groups excluding carboxylic acids is 1. The highest BCUT2D eigenvalue weighted by Gasteiger charge is 1.93. The number of rotatable bonds is 3. The lowest BCUT2D eigenvalue weighted by Gasteiger charge is -2.01. The summed E-state index contributed by atoms with van der Waals surface area (Å²) in [6.07, 6.45) is 3.24. The smallest absolute Gasteiger partial charge is 0.243 e. The van der Waals surface area contributed by atoms with E-state index in [2.05, 4.69) is 5.32 Å². The van der Waals surface area contributed by atoms with Crippen LogP contribution < -0.4 is 5.32 Å². The quantitative estimate of drug-likeness (QED) is 0.698. The molecule has 0 aliphatic rings. The zero-order valence-corrected chi connectivity index (χ0v) is 7.66. The number of hydrogen-bond acceptors (Lipinski definition) is 1. The second kappa shape index (κ2) is 5.14. The zero-order chi connectivity index (χ0) is 9.52. The molecule has 0 aromatic heterocycles. The first-order valence-corrected chi connectivity index (χ1v) is 4.27. The van der Waals surface area contributed by atoms with Gasteiger partial charge < -0.3 is 5.32 Å².